The molecular formula is C15H19N3OS. The van der Waals surface area contributed by atoms with Gasteiger partial charge in [-0.1, -0.05) is 0 Å². The average molecular weight is 289 g/mol. The van der Waals surface area contributed by atoms with Crippen molar-refractivity contribution in [2.45, 2.75) is 50.7 Å². The molecule has 0 aliphatic heterocycles. The number of ether oxygens (including phenoxy) is 1. The summed E-state index contributed by atoms with van der Waals surface area (Å²) in [6, 6.07) is 0.481. The van der Waals surface area contributed by atoms with Crippen LogP contribution in [0.3, 0.4) is 0 Å². The number of fused-ring (bicyclic) bond motifs is 3. The van der Waals surface area contributed by atoms with Gasteiger partial charge >= 0.3 is 0 Å². The van der Waals surface area contributed by atoms with Crippen molar-refractivity contribution < 1.29 is 4.74 Å². The van der Waals surface area contributed by atoms with E-state index in [0.29, 0.717) is 12.1 Å². The van der Waals surface area contributed by atoms with E-state index in [1.54, 1.807) is 6.33 Å². The van der Waals surface area contributed by atoms with Crippen molar-refractivity contribution >= 4 is 27.4 Å². The summed E-state index contributed by atoms with van der Waals surface area (Å²) in [5, 5.41) is 4.92. The molecule has 5 heteroatoms. The standard InChI is InChI=1S/C15H19N3OS/c1-19-10-6-5-9(7-10)18-14-13-11-3-2-4-12(11)20-15(13)17-8-16-14/h8-10H,2-7H2,1H3,(H,16,17,18). The predicted molar refractivity (Wildman–Crippen MR) is 81.5 cm³/mol. The lowest BCUT2D eigenvalue weighted by Gasteiger charge is -2.14. The second-order valence-electron chi connectivity index (χ2n) is 5.77. The van der Waals surface area contributed by atoms with Crippen molar-refractivity contribution in [1.82, 2.24) is 9.97 Å². The Bertz CT molecular complexity index is 639. The fourth-order valence-corrected chi connectivity index (χ4v) is 4.75. The molecule has 0 saturated heterocycles. The highest BCUT2D eigenvalue weighted by Crippen LogP contribution is 2.39. The first-order valence-corrected chi connectivity index (χ1v) is 8.21. The Morgan fingerprint density at radius 3 is 3.10 bits per heavy atom. The van der Waals surface area contributed by atoms with Crippen molar-refractivity contribution in [3.63, 3.8) is 0 Å². The van der Waals surface area contributed by atoms with Crippen LogP contribution < -0.4 is 5.32 Å². The lowest BCUT2D eigenvalue weighted by molar-refractivity contribution is 0.108. The third-order valence-electron chi connectivity index (χ3n) is 4.56. The monoisotopic (exact) mass is 289 g/mol. The largest absolute Gasteiger partial charge is 0.381 e. The Morgan fingerprint density at radius 1 is 1.30 bits per heavy atom. The topological polar surface area (TPSA) is 47.0 Å². The number of aryl methyl sites for hydroxylation is 2. The number of rotatable bonds is 3. The number of anilines is 1. The number of aromatic nitrogens is 2. The molecule has 1 N–H and O–H groups in total. The minimum Gasteiger partial charge on any atom is -0.381 e. The zero-order valence-electron chi connectivity index (χ0n) is 11.7. The first kappa shape index (κ1) is 12.5. The van der Waals surface area contributed by atoms with Gasteiger partial charge in [0.05, 0.1) is 11.5 Å². The SMILES string of the molecule is COC1CCC(Nc2ncnc3sc4c(c23)CCC4)C1. The Morgan fingerprint density at radius 2 is 2.25 bits per heavy atom. The van der Waals surface area contributed by atoms with Crippen LogP contribution in [0.25, 0.3) is 10.2 Å². The van der Waals surface area contributed by atoms with Gasteiger partial charge in [0.2, 0.25) is 0 Å². The molecule has 2 heterocycles. The predicted octanol–water partition coefficient (Wildman–Crippen LogP) is 3.16. The summed E-state index contributed by atoms with van der Waals surface area (Å²) in [6.07, 6.45) is 9.15. The molecule has 1 fully saturated rings. The summed E-state index contributed by atoms with van der Waals surface area (Å²) in [6.45, 7) is 0. The van der Waals surface area contributed by atoms with E-state index in [4.69, 9.17) is 4.74 Å². The average Bonchev–Trinajstić information content (AvgIpc) is 3.13. The van der Waals surface area contributed by atoms with Crippen LogP contribution in [0.5, 0.6) is 0 Å². The van der Waals surface area contributed by atoms with Crippen LogP contribution in [-0.4, -0.2) is 29.2 Å². The number of nitrogens with one attached hydrogen (secondary N) is 1. The van der Waals surface area contributed by atoms with Crippen LogP contribution >= 0.6 is 11.3 Å². The first-order chi connectivity index (χ1) is 9.85. The van der Waals surface area contributed by atoms with Gasteiger partial charge in [0.15, 0.2) is 0 Å². The number of methoxy groups -OCH3 is 1. The van der Waals surface area contributed by atoms with Crippen LogP contribution in [0.4, 0.5) is 5.82 Å². The van der Waals surface area contributed by atoms with Gasteiger partial charge in [-0.05, 0) is 44.1 Å². The number of thiophene rings is 1. The smallest absolute Gasteiger partial charge is 0.138 e. The van der Waals surface area contributed by atoms with E-state index >= 15 is 0 Å². The highest BCUT2D eigenvalue weighted by Gasteiger charge is 2.27. The van der Waals surface area contributed by atoms with Crippen LogP contribution in [-0.2, 0) is 17.6 Å². The van der Waals surface area contributed by atoms with E-state index in [9.17, 15) is 0 Å². The van der Waals surface area contributed by atoms with Gasteiger partial charge in [0.1, 0.15) is 17.0 Å². The molecule has 0 spiro atoms. The van der Waals surface area contributed by atoms with E-state index in [1.165, 1.54) is 35.1 Å². The van der Waals surface area contributed by atoms with Gasteiger partial charge in [-0.3, -0.25) is 0 Å². The number of hydrogen-bond acceptors (Lipinski definition) is 5. The first-order valence-electron chi connectivity index (χ1n) is 7.39. The van der Waals surface area contributed by atoms with Crippen LogP contribution in [0.1, 0.15) is 36.1 Å². The molecule has 2 aliphatic carbocycles. The third kappa shape index (κ3) is 2.00. The molecular weight excluding hydrogens is 270 g/mol. The molecule has 2 aliphatic rings. The molecule has 106 valence electrons. The molecule has 1 saturated carbocycles. The fourth-order valence-electron chi connectivity index (χ4n) is 3.52. The summed E-state index contributed by atoms with van der Waals surface area (Å²) in [4.78, 5) is 11.6. The summed E-state index contributed by atoms with van der Waals surface area (Å²) in [7, 11) is 1.81. The van der Waals surface area contributed by atoms with Crippen LogP contribution in [0, 0.1) is 0 Å². The quantitative estimate of drug-likeness (QED) is 0.943. The van der Waals surface area contributed by atoms with Crippen molar-refractivity contribution in [1.29, 1.82) is 0 Å². The van der Waals surface area contributed by atoms with E-state index < -0.39 is 0 Å². The van der Waals surface area contributed by atoms with Crippen molar-refractivity contribution in [2.24, 2.45) is 0 Å². The van der Waals surface area contributed by atoms with Crippen molar-refractivity contribution in [2.75, 3.05) is 12.4 Å². The summed E-state index contributed by atoms with van der Waals surface area (Å²) >= 11 is 1.85. The highest BCUT2D eigenvalue weighted by molar-refractivity contribution is 7.19. The minimum atomic E-state index is 0.401. The van der Waals surface area contributed by atoms with Gasteiger partial charge in [-0.25, -0.2) is 9.97 Å². The van der Waals surface area contributed by atoms with Gasteiger partial charge in [0.25, 0.3) is 0 Å². The molecule has 20 heavy (non-hydrogen) atoms. The molecule has 2 aromatic heterocycles. The number of nitrogens with zero attached hydrogens (tertiary/aromatic N) is 2. The molecule has 2 aromatic rings. The Kier molecular flexibility index (Phi) is 3.11. The Hall–Kier alpha value is -1.20. The maximum Gasteiger partial charge on any atom is 0.138 e. The van der Waals surface area contributed by atoms with Crippen LogP contribution in [0.2, 0.25) is 0 Å². The molecule has 0 bridgehead atoms. The zero-order valence-corrected chi connectivity index (χ0v) is 12.5. The van der Waals surface area contributed by atoms with Gasteiger partial charge in [-0.15, -0.1) is 11.3 Å². The molecule has 2 atom stereocenters. The normalized spacial score (nSPS) is 25.2. The molecule has 4 nitrogen and oxygen atoms in total. The van der Waals surface area contributed by atoms with E-state index in [-0.39, 0.29) is 0 Å². The van der Waals surface area contributed by atoms with Crippen molar-refractivity contribution in [3.8, 4) is 0 Å². The maximum atomic E-state index is 5.45. The van der Waals surface area contributed by atoms with Crippen molar-refractivity contribution in [3.05, 3.63) is 16.8 Å². The van der Waals surface area contributed by atoms with E-state index in [2.05, 4.69) is 15.3 Å². The lowest BCUT2D eigenvalue weighted by atomic mass is 10.1. The number of hydrogen-bond donors (Lipinski definition) is 1. The molecule has 0 radical (unpaired) electrons. The second-order valence-corrected chi connectivity index (χ2v) is 6.86. The van der Waals surface area contributed by atoms with Gasteiger partial charge < -0.3 is 10.1 Å². The highest BCUT2D eigenvalue weighted by atomic mass is 32.1. The fraction of sp³-hybridized carbons (Fsp3) is 0.600. The van der Waals surface area contributed by atoms with Gasteiger partial charge in [-0.2, -0.15) is 0 Å². The maximum absolute atomic E-state index is 5.45. The Labute approximate surface area is 122 Å². The molecule has 0 amide bonds. The molecule has 2 unspecified atom stereocenters. The van der Waals surface area contributed by atoms with Crippen LogP contribution in [0.15, 0.2) is 6.33 Å². The van der Waals surface area contributed by atoms with Gasteiger partial charge in [0, 0.05) is 18.0 Å². The molecule has 4 rings (SSSR count). The molecule has 0 aromatic carbocycles. The van der Waals surface area contributed by atoms with E-state index in [0.717, 1.165) is 29.9 Å². The van der Waals surface area contributed by atoms with E-state index in [1.807, 2.05) is 18.4 Å². The third-order valence-corrected chi connectivity index (χ3v) is 5.76. The summed E-state index contributed by atoms with van der Waals surface area (Å²) in [5.74, 6) is 1.04. The second kappa shape index (κ2) is 4.97. The minimum absolute atomic E-state index is 0.401. The summed E-state index contributed by atoms with van der Waals surface area (Å²) < 4.78 is 5.45. The lowest BCUT2D eigenvalue weighted by Crippen LogP contribution is -2.18. The Balaban J connectivity index is 1.66. The summed E-state index contributed by atoms with van der Waals surface area (Å²) in [5.41, 5.74) is 1.49. The zero-order chi connectivity index (χ0) is 13.5.